The topological polar surface area (TPSA) is 26.3 Å². The van der Waals surface area contributed by atoms with Crippen molar-refractivity contribution in [3.8, 4) is 16.2 Å². The highest BCUT2D eigenvalue weighted by molar-refractivity contribution is 7.13. The van der Waals surface area contributed by atoms with Crippen LogP contribution in [0.1, 0.15) is 27.0 Å². The normalized spacial score (nSPS) is 10.6. The zero-order valence-corrected chi connectivity index (χ0v) is 14.9. The van der Waals surface area contributed by atoms with Crippen molar-refractivity contribution in [2.75, 3.05) is 7.11 Å². The minimum Gasteiger partial charge on any atom is -0.496 e. The first-order valence-electron chi connectivity index (χ1n) is 7.90. The number of benzene rings is 2. The lowest BCUT2D eigenvalue weighted by Gasteiger charge is -2.12. The standard InChI is InChI=1S/C21H20O2S/c1-14-6-4-7-15(2)21(14)18(22)13-17-12-16(9-10-19(17)23-3)20-8-5-11-24-20/h4-12H,13H2,1-3H3. The third-order valence-corrected chi connectivity index (χ3v) is 5.12. The molecular weight excluding hydrogens is 316 g/mol. The molecule has 3 aromatic rings. The van der Waals surface area contributed by atoms with Crippen molar-refractivity contribution in [3.63, 3.8) is 0 Å². The second-order valence-electron chi connectivity index (χ2n) is 5.87. The minimum atomic E-state index is 0.132. The fraction of sp³-hybridized carbons (Fsp3) is 0.190. The Morgan fingerprint density at radius 2 is 1.79 bits per heavy atom. The number of carbonyl (C=O) groups is 1. The van der Waals surface area contributed by atoms with Crippen molar-refractivity contribution in [1.82, 2.24) is 0 Å². The van der Waals surface area contributed by atoms with Crippen LogP contribution in [0, 0.1) is 13.8 Å². The lowest BCUT2D eigenvalue weighted by molar-refractivity contribution is 0.0991. The van der Waals surface area contributed by atoms with Crippen LogP contribution in [-0.2, 0) is 6.42 Å². The van der Waals surface area contributed by atoms with Gasteiger partial charge in [-0.3, -0.25) is 4.79 Å². The van der Waals surface area contributed by atoms with Gasteiger partial charge in [0.15, 0.2) is 5.78 Å². The molecule has 0 fully saturated rings. The SMILES string of the molecule is COc1ccc(-c2cccs2)cc1CC(=O)c1c(C)cccc1C. The summed E-state index contributed by atoms with van der Waals surface area (Å²) in [4.78, 5) is 14.1. The van der Waals surface area contributed by atoms with E-state index in [0.717, 1.165) is 33.6 Å². The molecule has 0 unspecified atom stereocenters. The van der Waals surface area contributed by atoms with Crippen LogP contribution >= 0.6 is 11.3 Å². The number of ether oxygens (including phenoxy) is 1. The fourth-order valence-corrected chi connectivity index (χ4v) is 3.75. The van der Waals surface area contributed by atoms with Gasteiger partial charge in [-0.05, 0) is 60.2 Å². The van der Waals surface area contributed by atoms with Gasteiger partial charge in [0.25, 0.3) is 0 Å². The molecule has 1 aromatic heterocycles. The van der Waals surface area contributed by atoms with Gasteiger partial charge in [0.1, 0.15) is 5.75 Å². The Bertz CT molecular complexity index is 843. The molecule has 0 bridgehead atoms. The van der Waals surface area contributed by atoms with Crippen molar-refractivity contribution in [2.24, 2.45) is 0 Å². The number of thiophene rings is 1. The van der Waals surface area contributed by atoms with Crippen LogP contribution in [0.2, 0.25) is 0 Å². The van der Waals surface area contributed by atoms with Gasteiger partial charge >= 0.3 is 0 Å². The van der Waals surface area contributed by atoms with Crippen molar-refractivity contribution in [3.05, 3.63) is 76.2 Å². The average Bonchev–Trinajstić information content (AvgIpc) is 3.09. The van der Waals surface area contributed by atoms with Crippen LogP contribution in [0.5, 0.6) is 5.75 Å². The largest absolute Gasteiger partial charge is 0.496 e. The molecule has 0 radical (unpaired) electrons. The smallest absolute Gasteiger partial charge is 0.167 e. The number of hydrogen-bond donors (Lipinski definition) is 0. The average molecular weight is 336 g/mol. The first-order chi connectivity index (χ1) is 11.6. The summed E-state index contributed by atoms with van der Waals surface area (Å²) in [5.41, 5.74) is 4.91. The molecular formula is C21H20O2S. The number of ketones is 1. The summed E-state index contributed by atoms with van der Waals surface area (Å²) in [7, 11) is 1.65. The lowest BCUT2D eigenvalue weighted by Crippen LogP contribution is -2.09. The van der Waals surface area contributed by atoms with E-state index in [0.29, 0.717) is 6.42 Å². The summed E-state index contributed by atoms with van der Waals surface area (Å²) in [5, 5.41) is 2.06. The van der Waals surface area contributed by atoms with Crippen molar-refractivity contribution in [2.45, 2.75) is 20.3 Å². The number of carbonyl (C=O) groups excluding carboxylic acids is 1. The Morgan fingerprint density at radius 3 is 2.42 bits per heavy atom. The Kier molecular flexibility index (Phi) is 4.81. The van der Waals surface area contributed by atoms with E-state index in [-0.39, 0.29) is 5.78 Å². The zero-order chi connectivity index (χ0) is 17.1. The predicted octanol–water partition coefficient (Wildman–Crippen LogP) is 5.47. The van der Waals surface area contributed by atoms with Crippen molar-refractivity contribution < 1.29 is 9.53 Å². The van der Waals surface area contributed by atoms with Crippen molar-refractivity contribution >= 4 is 17.1 Å². The fourth-order valence-electron chi connectivity index (χ4n) is 3.03. The maximum atomic E-state index is 12.9. The molecule has 0 atom stereocenters. The maximum Gasteiger partial charge on any atom is 0.167 e. The lowest BCUT2D eigenvalue weighted by atomic mass is 9.94. The Hall–Kier alpha value is -2.39. The highest BCUT2D eigenvalue weighted by atomic mass is 32.1. The summed E-state index contributed by atoms with van der Waals surface area (Å²) >= 11 is 1.69. The van der Waals surface area contributed by atoms with Crippen LogP contribution in [0.15, 0.2) is 53.9 Å². The molecule has 1 heterocycles. The van der Waals surface area contributed by atoms with Gasteiger partial charge in [-0.25, -0.2) is 0 Å². The van der Waals surface area contributed by atoms with Gasteiger partial charge in [-0.2, -0.15) is 0 Å². The van der Waals surface area contributed by atoms with Crippen LogP contribution in [0.25, 0.3) is 10.4 Å². The number of aryl methyl sites for hydroxylation is 2. The predicted molar refractivity (Wildman–Crippen MR) is 100 cm³/mol. The Labute approximate surface area is 146 Å². The van der Waals surface area contributed by atoms with Crippen LogP contribution in [0.4, 0.5) is 0 Å². The summed E-state index contributed by atoms with van der Waals surface area (Å²) in [5.74, 6) is 0.891. The molecule has 2 aromatic carbocycles. The number of rotatable bonds is 5. The molecule has 0 aliphatic rings. The zero-order valence-electron chi connectivity index (χ0n) is 14.1. The van der Waals surface area contributed by atoms with E-state index in [2.05, 4.69) is 17.5 Å². The van der Waals surface area contributed by atoms with Crippen LogP contribution in [0.3, 0.4) is 0 Å². The second-order valence-corrected chi connectivity index (χ2v) is 6.82. The monoisotopic (exact) mass is 336 g/mol. The Balaban J connectivity index is 1.96. The summed E-state index contributed by atoms with van der Waals surface area (Å²) in [6.45, 7) is 3.97. The highest BCUT2D eigenvalue weighted by Gasteiger charge is 2.16. The van der Waals surface area contributed by atoms with E-state index < -0.39 is 0 Å². The Morgan fingerprint density at radius 1 is 1.04 bits per heavy atom. The third kappa shape index (κ3) is 3.26. The molecule has 0 saturated heterocycles. The third-order valence-electron chi connectivity index (χ3n) is 4.20. The van der Waals surface area contributed by atoms with E-state index in [9.17, 15) is 4.79 Å². The number of methoxy groups -OCH3 is 1. The molecule has 0 N–H and O–H groups in total. The van der Waals surface area contributed by atoms with Gasteiger partial charge in [-0.1, -0.05) is 24.3 Å². The van der Waals surface area contributed by atoms with Gasteiger partial charge in [0.2, 0.25) is 0 Å². The first kappa shape index (κ1) is 16.5. The minimum absolute atomic E-state index is 0.132. The molecule has 0 amide bonds. The molecule has 122 valence electrons. The molecule has 3 heteroatoms. The maximum absolute atomic E-state index is 12.9. The summed E-state index contributed by atoms with van der Waals surface area (Å²) in [6.07, 6.45) is 0.341. The summed E-state index contributed by atoms with van der Waals surface area (Å²) in [6, 6.07) is 16.1. The van der Waals surface area contributed by atoms with E-state index >= 15 is 0 Å². The van der Waals surface area contributed by atoms with Gasteiger partial charge in [0.05, 0.1) is 7.11 Å². The van der Waals surface area contributed by atoms with E-state index in [1.54, 1.807) is 18.4 Å². The van der Waals surface area contributed by atoms with Gasteiger partial charge in [0, 0.05) is 22.4 Å². The van der Waals surface area contributed by atoms with Crippen LogP contribution in [-0.4, -0.2) is 12.9 Å². The molecule has 0 saturated carbocycles. The van der Waals surface area contributed by atoms with Crippen molar-refractivity contribution in [1.29, 1.82) is 0 Å². The molecule has 3 rings (SSSR count). The van der Waals surface area contributed by atoms with Crippen LogP contribution < -0.4 is 4.74 Å². The highest BCUT2D eigenvalue weighted by Crippen LogP contribution is 2.30. The molecule has 0 spiro atoms. The molecule has 2 nitrogen and oxygen atoms in total. The second kappa shape index (κ2) is 7.02. The van der Waals surface area contributed by atoms with Gasteiger partial charge < -0.3 is 4.74 Å². The van der Waals surface area contributed by atoms with E-state index in [1.165, 1.54) is 4.88 Å². The number of Topliss-reactive ketones (excluding diaryl/α,β-unsaturated/α-hetero) is 1. The molecule has 0 aliphatic heterocycles. The van der Waals surface area contributed by atoms with Gasteiger partial charge in [-0.15, -0.1) is 11.3 Å². The first-order valence-corrected chi connectivity index (χ1v) is 8.78. The van der Waals surface area contributed by atoms with E-state index in [4.69, 9.17) is 4.74 Å². The quantitative estimate of drug-likeness (QED) is 0.578. The van der Waals surface area contributed by atoms with E-state index in [1.807, 2.05) is 50.2 Å². The summed E-state index contributed by atoms with van der Waals surface area (Å²) < 4.78 is 5.47. The number of hydrogen-bond acceptors (Lipinski definition) is 3. The molecule has 0 aliphatic carbocycles. The molecule has 24 heavy (non-hydrogen) atoms.